The lowest BCUT2D eigenvalue weighted by molar-refractivity contribution is -0.115. The van der Waals surface area contributed by atoms with Crippen LogP contribution in [0.4, 0.5) is 0 Å². The number of carbonyl (C=O) groups excluding carboxylic acids is 2. The molecule has 0 bridgehead atoms. The topological polar surface area (TPSA) is 79.5 Å². The molecule has 0 aliphatic carbocycles. The van der Waals surface area contributed by atoms with Crippen LogP contribution in [0.15, 0.2) is 67.3 Å². The average molecular weight is 416 g/mol. The van der Waals surface area contributed by atoms with Crippen molar-refractivity contribution in [1.29, 1.82) is 0 Å². The largest absolute Gasteiger partial charge is 0.490 e. The molecule has 8 heteroatoms. The molecule has 3 N–H and O–H groups in total. The zero-order chi connectivity index (χ0) is 20.4. The number of hydrazine groups is 1. The molecule has 0 radical (unpaired) electrons. The van der Waals surface area contributed by atoms with E-state index in [1.807, 2.05) is 0 Å². The molecule has 0 unspecified atom stereocenters. The van der Waals surface area contributed by atoms with Crippen molar-refractivity contribution in [3.05, 3.63) is 83.4 Å². The van der Waals surface area contributed by atoms with Crippen LogP contribution < -0.4 is 20.9 Å². The Balaban J connectivity index is 1.77. The Bertz CT molecular complexity index is 881. The van der Waals surface area contributed by atoms with Crippen LogP contribution in [0.1, 0.15) is 15.9 Å². The van der Waals surface area contributed by atoms with Gasteiger partial charge in [0.1, 0.15) is 12.4 Å². The number of hydrogen-bond acceptors (Lipinski definition) is 4. The summed E-state index contributed by atoms with van der Waals surface area (Å²) in [6.07, 6.45) is 4.56. The molecule has 2 aromatic rings. The van der Waals surface area contributed by atoms with E-state index < -0.39 is 11.8 Å². The third-order valence-corrected chi connectivity index (χ3v) is 3.76. The quantitative estimate of drug-likeness (QED) is 0.292. The predicted octanol–water partition coefficient (Wildman–Crippen LogP) is 3.25. The second kappa shape index (κ2) is 10.9. The van der Waals surface area contributed by atoms with E-state index in [1.54, 1.807) is 60.7 Å². The summed E-state index contributed by atoms with van der Waals surface area (Å²) >= 11 is 10.8. The molecule has 6 nitrogen and oxygen atoms in total. The summed E-state index contributed by atoms with van der Waals surface area (Å²) in [7, 11) is 0. The number of nitrogens with one attached hydrogen (secondary N) is 3. The maximum Gasteiger partial charge on any atom is 0.269 e. The molecule has 0 aromatic heterocycles. The van der Waals surface area contributed by atoms with Crippen molar-refractivity contribution in [2.24, 2.45) is 0 Å². The van der Waals surface area contributed by atoms with Crippen molar-refractivity contribution >= 4 is 46.8 Å². The summed E-state index contributed by atoms with van der Waals surface area (Å²) in [4.78, 5) is 23.9. The molecule has 2 rings (SSSR count). The van der Waals surface area contributed by atoms with E-state index in [0.29, 0.717) is 22.9 Å². The Morgan fingerprint density at radius 2 is 1.75 bits per heavy atom. The molecule has 2 aromatic carbocycles. The van der Waals surface area contributed by atoms with Gasteiger partial charge in [-0.25, -0.2) is 0 Å². The minimum atomic E-state index is -0.439. The average Bonchev–Trinajstić information content (AvgIpc) is 2.70. The molecule has 0 fully saturated rings. The molecule has 0 saturated carbocycles. The number of hydrogen-bond donors (Lipinski definition) is 3. The highest BCUT2D eigenvalue weighted by Crippen LogP contribution is 2.12. The Morgan fingerprint density at radius 1 is 1.07 bits per heavy atom. The van der Waals surface area contributed by atoms with Crippen molar-refractivity contribution in [2.45, 2.75) is 0 Å². The fourth-order valence-corrected chi connectivity index (χ4v) is 2.25. The third-order valence-electron chi connectivity index (χ3n) is 3.31. The van der Waals surface area contributed by atoms with Crippen LogP contribution in [0.5, 0.6) is 5.75 Å². The first-order valence-electron chi connectivity index (χ1n) is 8.16. The van der Waals surface area contributed by atoms with Gasteiger partial charge in [-0.15, -0.1) is 0 Å². The Labute approximate surface area is 173 Å². The number of halogens is 1. The van der Waals surface area contributed by atoms with E-state index >= 15 is 0 Å². The highest BCUT2D eigenvalue weighted by molar-refractivity contribution is 7.80. The van der Waals surface area contributed by atoms with Gasteiger partial charge in [0.15, 0.2) is 5.11 Å². The SMILES string of the molecule is C=CCOc1ccc(C(=O)NNC(=S)NC(=O)/C=C/c2ccc(Cl)cc2)cc1. The van der Waals surface area contributed by atoms with Gasteiger partial charge in [0.05, 0.1) is 0 Å². The smallest absolute Gasteiger partial charge is 0.269 e. The first-order chi connectivity index (χ1) is 13.5. The maximum absolute atomic E-state index is 12.1. The summed E-state index contributed by atoms with van der Waals surface area (Å²) in [5.74, 6) is -0.228. The van der Waals surface area contributed by atoms with Gasteiger partial charge in [-0.1, -0.05) is 36.4 Å². The minimum Gasteiger partial charge on any atom is -0.490 e. The van der Waals surface area contributed by atoms with Gasteiger partial charge in [0.2, 0.25) is 5.91 Å². The van der Waals surface area contributed by atoms with Crippen molar-refractivity contribution < 1.29 is 14.3 Å². The molecule has 0 aliphatic rings. The van der Waals surface area contributed by atoms with Crippen LogP contribution in [-0.4, -0.2) is 23.5 Å². The van der Waals surface area contributed by atoms with Gasteiger partial charge < -0.3 is 4.74 Å². The monoisotopic (exact) mass is 415 g/mol. The Hall–Kier alpha value is -3.16. The van der Waals surface area contributed by atoms with Gasteiger partial charge in [-0.05, 0) is 60.3 Å². The van der Waals surface area contributed by atoms with Crippen LogP contribution in [0.25, 0.3) is 6.08 Å². The van der Waals surface area contributed by atoms with Gasteiger partial charge in [-0.3, -0.25) is 25.8 Å². The van der Waals surface area contributed by atoms with Crippen LogP contribution in [0.3, 0.4) is 0 Å². The van der Waals surface area contributed by atoms with Crippen molar-refractivity contribution in [1.82, 2.24) is 16.2 Å². The van der Waals surface area contributed by atoms with Crippen molar-refractivity contribution in [3.8, 4) is 5.75 Å². The number of amides is 2. The van der Waals surface area contributed by atoms with E-state index in [4.69, 9.17) is 28.6 Å². The van der Waals surface area contributed by atoms with E-state index in [2.05, 4.69) is 22.7 Å². The van der Waals surface area contributed by atoms with E-state index in [-0.39, 0.29) is 5.11 Å². The molecular weight excluding hydrogens is 398 g/mol. The Kier molecular flexibility index (Phi) is 8.20. The second-order valence-corrected chi connectivity index (χ2v) is 6.25. The zero-order valence-corrected chi connectivity index (χ0v) is 16.3. The number of ether oxygens (including phenoxy) is 1. The third kappa shape index (κ3) is 7.22. The van der Waals surface area contributed by atoms with Crippen LogP contribution in [0.2, 0.25) is 5.02 Å². The van der Waals surface area contributed by atoms with Gasteiger partial charge in [0.25, 0.3) is 5.91 Å². The summed E-state index contributed by atoms with van der Waals surface area (Å²) in [6.45, 7) is 3.95. The van der Waals surface area contributed by atoms with Crippen LogP contribution in [0, 0.1) is 0 Å². The standard InChI is InChI=1S/C20H18ClN3O3S/c1-2-13-27-17-10-6-15(7-11-17)19(26)23-24-20(28)22-18(25)12-5-14-3-8-16(21)9-4-14/h2-12H,1,13H2,(H,23,26)(H2,22,24,25,28)/b12-5+. The van der Waals surface area contributed by atoms with E-state index in [0.717, 1.165) is 5.56 Å². The molecule has 0 spiro atoms. The molecule has 0 heterocycles. The lowest BCUT2D eigenvalue weighted by Crippen LogP contribution is -2.48. The van der Waals surface area contributed by atoms with Crippen molar-refractivity contribution in [3.63, 3.8) is 0 Å². The van der Waals surface area contributed by atoms with Gasteiger partial charge in [0, 0.05) is 16.7 Å². The number of rotatable bonds is 6. The molecule has 144 valence electrons. The van der Waals surface area contributed by atoms with Gasteiger partial charge in [-0.2, -0.15) is 0 Å². The highest BCUT2D eigenvalue weighted by Gasteiger charge is 2.07. The molecular formula is C20H18ClN3O3S. The lowest BCUT2D eigenvalue weighted by atomic mass is 10.2. The summed E-state index contributed by atoms with van der Waals surface area (Å²) in [5, 5.41) is 3.00. The molecule has 2 amide bonds. The first-order valence-corrected chi connectivity index (χ1v) is 8.95. The van der Waals surface area contributed by atoms with Crippen LogP contribution >= 0.6 is 23.8 Å². The summed E-state index contributed by atoms with van der Waals surface area (Å²) < 4.78 is 5.35. The second-order valence-electron chi connectivity index (χ2n) is 5.41. The molecule has 0 atom stereocenters. The lowest BCUT2D eigenvalue weighted by Gasteiger charge is -2.10. The number of carbonyl (C=O) groups is 2. The van der Waals surface area contributed by atoms with E-state index in [1.165, 1.54) is 6.08 Å². The molecule has 0 aliphatic heterocycles. The van der Waals surface area contributed by atoms with Crippen molar-refractivity contribution in [2.75, 3.05) is 6.61 Å². The summed E-state index contributed by atoms with van der Waals surface area (Å²) in [5.41, 5.74) is 6.09. The minimum absolute atomic E-state index is 0.0370. The normalized spacial score (nSPS) is 10.2. The molecule has 0 saturated heterocycles. The first kappa shape index (κ1) is 21.1. The zero-order valence-electron chi connectivity index (χ0n) is 14.8. The summed E-state index contributed by atoms with van der Waals surface area (Å²) in [6, 6.07) is 13.5. The fraction of sp³-hybridized carbons (Fsp3) is 0.0500. The number of benzene rings is 2. The molecule has 28 heavy (non-hydrogen) atoms. The van der Waals surface area contributed by atoms with Gasteiger partial charge >= 0.3 is 0 Å². The maximum atomic E-state index is 12.1. The highest BCUT2D eigenvalue weighted by atomic mass is 35.5. The fourth-order valence-electron chi connectivity index (χ4n) is 1.97. The Morgan fingerprint density at radius 3 is 2.39 bits per heavy atom. The number of thiocarbonyl (C=S) groups is 1. The predicted molar refractivity (Wildman–Crippen MR) is 114 cm³/mol. The van der Waals surface area contributed by atoms with Crippen LogP contribution in [-0.2, 0) is 4.79 Å². The van der Waals surface area contributed by atoms with E-state index in [9.17, 15) is 9.59 Å².